The Hall–Kier alpha value is -3.17. The summed E-state index contributed by atoms with van der Waals surface area (Å²) in [5, 5.41) is 62.9. The van der Waals surface area contributed by atoms with Gasteiger partial charge in [0, 0.05) is 42.1 Å². The Morgan fingerprint density at radius 2 is 1.80 bits per heavy atom. The number of allylic oxidation sites excluding steroid dienone is 1. The first-order chi connectivity index (χ1) is 21.4. The Balaban J connectivity index is 1.60. The molecule has 14 nitrogen and oxygen atoms in total. The molecule has 14 heteroatoms. The van der Waals surface area contributed by atoms with Gasteiger partial charge in [-0.25, -0.2) is 4.79 Å². The minimum absolute atomic E-state index is 0.230. The number of carbonyl (C=O) groups excluding carboxylic acids is 3. The highest BCUT2D eigenvalue weighted by molar-refractivity contribution is 5.72. The molecule has 4 aliphatic carbocycles. The molecule has 46 heavy (non-hydrogen) atoms. The highest BCUT2D eigenvalue weighted by Crippen LogP contribution is 2.85. The van der Waals surface area contributed by atoms with E-state index in [0.717, 1.165) is 0 Å². The van der Waals surface area contributed by atoms with E-state index in [0.29, 0.717) is 5.56 Å². The molecule has 252 valence electrons. The Bertz CT molecular complexity index is 1540. The van der Waals surface area contributed by atoms with Gasteiger partial charge in [-0.3, -0.25) is 9.59 Å². The van der Waals surface area contributed by atoms with Gasteiger partial charge in [-0.2, -0.15) is 0 Å². The number of aliphatic hydroxyl groups is 5. The SMILES string of the molecule is CCC1=CC2C(C)(C(OC(C)=O)c3ccoc3)C(O)C(O)C34OC(=O)OC23C(O1)C1(O)C(O)C2(C)CC1(O)C4(C)C2CC(=O)OC. The second-order valence-corrected chi connectivity index (χ2v) is 14.6. The van der Waals surface area contributed by atoms with Crippen molar-refractivity contribution in [3.05, 3.63) is 36.0 Å². The summed E-state index contributed by atoms with van der Waals surface area (Å²) in [6.45, 7) is 7.55. The van der Waals surface area contributed by atoms with Crippen LogP contribution in [-0.2, 0) is 33.3 Å². The molecule has 5 fully saturated rings. The van der Waals surface area contributed by atoms with Crippen LogP contribution in [0.1, 0.15) is 65.5 Å². The number of methoxy groups -OCH3 is 1. The highest BCUT2D eigenvalue weighted by Gasteiger charge is 3.02. The molecular formula is C32H40O14. The summed E-state index contributed by atoms with van der Waals surface area (Å²) in [5.41, 5.74) is -14.4. The third kappa shape index (κ3) is 2.89. The zero-order valence-corrected chi connectivity index (χ0v) is 26.4. The predicted octanol–water partition coefficient (Wildman–Crippen LogP) is 1.02. The van der Waals surface area contributed by atoms with Gasteiger partial charge in [-0.15, -0.1) is 0 Å². The van der Waals surface area contributed by atoms with Crippen LogP contribution in [0.15, 0.2) is 34.8 Å². The summed E-state index contributed by atoms with van der Waals surface area (Å²) in [5.74, 6) is -3.54. The molecule has 2 aliphatic heterocycles. The van der Waals surface area contributed by atoms with Crippen molar-refractivity contribution in [3.63, 3.8) is 0 Å². The zero-order chi connectivity index (χ0) is 33.6. The van der Waals surface area contributed by atoms with Crippen molar-refractivity contribution in [2.75, 3.05) is 7.11 Å². The Labute approximate surface area is 264 Å². The minimum atomic E-state index is -2.57. The van der Waals surface area contributed by atoms with Crippen molar-refractivity contribution in [2.45, 2.75) is 107 Å². The molecule has 5 N–H and O–H groups in total. The highest BCUT2D eigenvalue weighted by atomic mass is 16.8. The summed E-state index contributed by atoms with van der Waals surface area (Å²) in [6.07, 6.45) is -6.30. The van der Waals surface area contributed by atoms with Crippen molar-refractivity contribution in [2.24, 2.45) is 28.1 Å². The first-order valence-corrected chi connectivity index (χ1v) is 15.5. The lowest BCUT2D eigenvalue weighted by Gasteiger charge is -2.76. The minimum Gasteiger partial charge on any atom is -0.487 e. The molecule has 2 bridgehead atoms. The van der Waals surface area contributed by atoms with Gasteiger partial charge in [0.05, 0.1) is 43.0 Å². The van der Waals surface area contributed by atoms with Gasteiger partial charge in [-0.05, 0) is 24.5 Å². The van der Waals surface area contributed by atoms with E-state index in [1.807, 2.05) is 0 Å². The fourth-order valence-electron chi connectivity index (χ4n) is 11.3. The van der Waals surface area contributed by atoms with Crippen molar-refractivity contribution in [1.29, 1.82) is 0 Å². The van der Waals surface area contributed by atoms with E-state index < -0.39 is 106 Å². The number of rotatable bonds is 6. The molecule has 1 spiro atoms. The first kappa shape index (κ1) is 31.4. The molecule has 14 unspecified atom stereocenters. The maximum atomic E-state index is 13.7. The molecule has 1 aromatic rings. The Morgan fingerprint density at radius 3 is 2.39 bits per heavy atom. The number of fused-ring (bicyclic) bond motifs is 2. The molecule has 14 atom stereocenters. The van der Waals surface area contributed by atoms with Crippen molar-refractivity contribution in [1.82, 2.24) is 0 Å². The third-order valence-electron chi connectivity index (χ3n) is 13.1. The van der Waals surface area contributed by atoms with Crippen molar-refractivity contribution >= 4 is 18.1 Å². The maximum absolute atomic E-state index is 13.7. The van der Waals surface area contributed by atoms with Crippen LogP contribution in [0.5, 0.6) is 0 Å². The van der Waals surface area contributed by atoms with Crippen molar-refractivity contribution < 1.29 is 68.0 Å². The molecule has 0 amide bonds. The van der Waals surface area contributed by atoms with Gasteiger partial charge in [0.2, 0.25) is 5.60 Å². The van der Waals surface area contributed by atoms with Crippen LogP contribution < -0.4 is 0 Å². The van der Waals surface area contributed by atoms with Crippen LogP contribution in [0.4, 0.5) is 4.79 Å². The number of hydrogen-bond donors (Lipinski definition) is 5. The average molecular weight is 649 g/mol. The molecule has 6 aliphatic rings. The van der Waals surface area contributed by atoms with E-state index in [-0.39, 0.29) is 18.6 Å². The summed E-state index contributed by atoms with van der Waals surface area (Å²) >= 11 is 0. The van der Waals surface area contributed by atoms with E-state index in [4.69, 9.17) is 28.1 Å². The summed E-state index contributed by atoms with van der Waals surface area (Å²) in [4.78, 5) is 39.2. The largest absolute Gasteiger partial charge is 0.509 e. The van der Waals surface area contributed by atoms with E-state index >= 15 is 0 Å². The van der Waals surface area contributed by atoms with Crippen LogP contribution in [0.2, 0.25) is 0 Å². The fraction of sp³-hybridized carbons (Fsp3) is 0.719. The lowest BCUT2D eigenvalue weighted by atomic mass is 9.32. The molecule has 1 aromatic heterocycles. The molecule has 7 rings (SSSR count). The molecule has 1 saturated heterocycles. The number of furan rings is 1. The van der Waals surface area contributed by atoms with Crippen LogP contribution in [0, 0.1) is 28.1 Å². The van der Waals surface area contributed by atoms with Gasteiger partial charge in [0.25, 0.3) is 0 Å². The summed E-state index contributed by atoms with van der Waals surface area (Å²) in [7, 11) is 1.18. The number of hydrogen-bond acceptors (Lipinski definition) is 14. The molecular weight excluding hydrogens is 608 g/mol. The Morgan fingerprint density at radius 1 is 1.11 bits per heavy atom. The number of carbonyl (C=O) groups is 3. The van der Waals surface area contributed by atoms with Crippen LogP contribution in [-0.4, -0.2) is 97.6 Å². The van der Waals surface area contributed by atoms with E-state index in [1.165, 1.54) is 46.5 Å². The van der Waals surface area contributed by atoms with Crippen LogP contribution >= 0.6 is 0 Å². The summed E-state index contributed by atoms with van der Waals surface area (Å²) in [6, 6.07) is 1.52. The van der Waals surface area contributed by atoms with E-state index in [2.05, 4.69) is 0 Å². The summed E-state index contributed by atoms with van der Waals surface area (Å²) < 4.78 is 34.8. The van der Waals surface area contributed by atoms with E-state index in [9.17, 15) is 39.9 Å². The molecule has 0 radical (unpaired) electrons. The van der Waals surface area contributed by atoms with Gasteiger partial charge >= 0.3 is 18.1 Å². The smallest absolute Gasteiger partial charge is 0.487 e. The van der Waals surface area contributed by atoms with Crippen molar-refractivity contribution in [3.8, 4) is 0 Å². The molecule has 4 saturated carbocycles. The quantitative estimate of drug-likeness (QED) is 0.215. The van der Waals surface area contributed by atoms with Gasteiger partial charge < -0.3 is 53.6 Å². The maximum Gasteiger partial charge on any atom is 0.509 e. The van der Waals surface area contributed by atoms with Crippen LogP contribution in [0.25, 0.3) is 0 Å². The van der Waals surface area contributed by atoms with Gasteiger partial charge in [0.15, 0.2) is 17.3 Å². The number of aliphatic hydroxyl groups excluding tert-OH is 3. The number of esters is 2. The van der Waals surface area contributed by atoms with E-state index in [1.54, 1.807) is 19.9 Å². The molecule has 0 aromatic carbocycles. The third-order valence-corrected chi connectivity index (χ3v) is 13.1. The second-order valence-electron chi connectivity index (χ2n) is 14.6. The monoisotopic (exact) mass is 648 g/mol. The number of ether oxygens (including phenoxy) is 5. The van der Waals surface area contributed by atoms with Gasteiger partial charge in [0.1, 0.15) is 17.8 Å². The zero-order valence-electron chi connectivity index (χ0n) is 26.4. The van der Waals surface area contributed by atoms with Crippen LogP contribution in [0.3, 0.4) is 0 Å². The average Bonchev–Trinajstić information content (AvgIpc) is 3.72. The first-order valence-electron chi connectivity index (χ1n) is 15.5. The standard InChI is InChI=1S/C32H40O14/c1-7-16-10-18-27(4,22(43-14(2)33)15-8-9-42-12-15)20(35)21(36)32-28(5)17(11-19(34)41-6)26(3)13-29(28,39)30(40,23(26)37)24(44-16)31(18,32)45-25(38)46-32/h8-10,12,17-18,20-24,35-37,39-40H,7,11,13H2,1-6H3. The lowest BCUT2D eigenvalue weighted by molar-refractivity contribution is -0.436. The fourth-order valence-corrected chi connectivity index (χ4v) is 11.3. The van der Waals surface area contributed by atoms with Gasteiger partial charge in [-0.1, -0.05) is 27.7 Å². The second kappa shape index (κ2) is 9.04. The normalized spacial score (nSPS) is 51.5. The Kier molecular flexibility index (Phi) is 6.18. The topological polar surface area (TPSA) is 212 Å². The predicted molar refractivity (Wildman–Crippen MR) is 150 cm³/mol. The lowest BCUT2D eigenvalue weighted by Crippen LogP contribution is -2.96. The molecule has 3 heterocycles.